The van der Waals surface area contributed by atoms with Gasteiger partial charge in [0.2, 0.25) is 0 Å². The second-order valence-electron chi connectivity index (χ2n) is 4.83. The molecule has 0 spiro atoms. The van der Waals surface area contributed by atoms with Crippen LogP contribution in [0.3, 0.4) is 0 Å². The monoisotopic (exact) mass is 222 g/mol. The number of nitrogens with zero attached hydrogens (tertiary/aromatic N) is 1. The molecule has 0 saturated heterocycles. The summed E-state index contributed by atoms with van der Waals surface area (Å²) in [7, 11) is 1.95. The predicted molar refractivity (Wildman–Crippen MR) is 65.2 cm³/mol. The first-order valence-corrected chi connectivity index (χ1v) is 5.83. The van der Waals surface area contributed by atoms with E-state index in [0.717, 1.165) is 24.2 Å². The summed E-state index contributed by atoms with van der Waals surface area (Å²) in [4.78, 5) is 2.01. The number of para-hydroxylation sites is 1. The van der Waals surface area contributed by atoms with Crippen molar-refractivity contribution in [2.45, 2.75) is 19.3 Å². The average Bonchev–Trinajstić information content (AvgIpc) is 2.57. The van der Waals surface area contributed by atoms with Crippen LogP contribution in [-0.4, -0.2) is 20.1 Å². The molecule has 0 fully saturated rings. The van der Waals surface area contributed by atoms with Crippen molar-refractivity contribution < 1.29 is 4.39 Å². The molecule has 1 aliphatic rings. The van der Waals surface area contributed by atoms with Crippen molar-refractivity contribution in [2.24, 2.45) is 11.7 Å². The topological polar surface area (TPSA) is 29.3 Å². The third-order valence-electron chi connectivity index (χ3n) is 3.42. The van der Waals surface area contributed by atoms with Crippen LogP contribution in [0.15, 0.2) is 18.2 Å². The molecule has 88 valence electrons. The first-order valence-electron chi connectivity index (χ1n) is 5.83. The van der Waals surface area contributed by atoms with Crippen LogP contribution in [0.25, 0.3) is 0 Å². The zero-order valence-corrected chi connectivity index (χ0v) is 9.91. The Hall–Kier alpha value is -1.09. The molecule has 2 nitrogen and oxygen atoms in total. The summed E-state index contributed by atoms with van der Waals surface area (Å²) < 4.78 is 13.7. The summed E-state index contributed by atoms with van der Waals surface area (Å²) >= 11 is 0. The van der Waals surface area contributed by atoms with Gasteiger partial charge in [-0.2, -0.15) is 0 Å². The summed E-state index contributed by atoms with van der Waals surface area (Å²) in [6.45, 7) is 3.75. The van der Waals surface area contributed by atoms with Gasteiger partial charge in [0.15, 0.2) is 0 Å². The van der Waals surface area contributed by atoms with Crippen LogP contribution in [0.1, 0.15) is 24.8 Å². The lowest BCUT2D eigenvalue weighted by Crippen LogP contribution is -2.19. The van der Waals surface area contributed by atoms with Crippen LogP contribution >= 0.6 is 0 Å². The van der Waals surface area contributed by atoms with Crippen molar-refractivity contribution in [3.63, 3.8) is 0 Å². The zero-order valence-electron chi connectivity index (χ0n) is 9.91. The number of rotatable bonds is 3. The molecule has 1 aromatic rings. The smallest absolute Gasteiger partial charge is 0.146 e. The molecule has 0 saturated carbocycles. The highest BCUT2D eigenvalue weighted by atomic mass is 19.1. The number of fused-ring (bicyclic) bond motifs is 1. The molecule has 0 bridgehead atoms. The van der Waals surface area contributed by atoms with Gasteiger partial charge in [-0.25, -0.2) is 4.39 Å². The van der Waals surface area contributed by atoms with Crippen molar-refractivity contribution in [1.29, 1.82) is 0 Å². The lowest BCUT2D eigenvalue weighted by atomic mass is 9.91. The van der Waals surface area contributed by atoms with Crippen molar-refractivity contribution in [2.75, 3.05) is 25.0 Å². The molecule has 16 heavy (non-hydrogen) atoms. The molecule has 1 aliphatic heterocycles. The van der Waals surface area contributed by atoms with Gasteiger partial charge in [-0.1, -0.05) is 19.1 Å². The number of likely N-dealkylation sites (N-methyl/N-ethyl adjacent to an activating group) is 1. The number of halogens is 1. The molecular formula is C13H19FN2. The summed E-state index contributed by atoms with van der Waals surface area (Å²) in [5.41, 5.74) is 7.56. The van der Waals surface area contributed by atoms with E-state index in [0.29, 0.717) is 18.4 Å². The molecule has 2 rings (SSSR count). The third kappa shape index (κ3) is 1.92. The Morgan fingerprint density at radius 2 is 2.31 bits per heavy atom. The van der Waals surface area contributed by atoms with Gasteiger partial charge in [0.05, 0.1) is 5.69 Å². The van der Waals surface area contributed by atoms with Crippen molar-refractivity contribution in [3.05, 3.63) is 29.6 Å². The zero-order chi connectivity index (χ0) is 11.7. The third-order valence-corrected chi connectivity index (χ3v) is 3.42. The van der Waals surface area contributed by atoms with E-state index in [1.165, 1.54) is 6.07 Å². The van der Waals surface area contributed by atoms with Crippen LogP contribution in [0.4, 0.5) is 10.1 Å². The summed E-state index contributed by atoms with van der Waals surface area (Å²) in [5, 5.41) is 0. The van der Waals surface area contributed by atoms with E-state index in [1.807, 2.05) is 18.0 Å². The number of anilines is 1. The van der Waals surface area contributed by atoms with Crippen molar-refractivity contribution >= 4 is 5.69 Å². The summed E-state index contributed by atoms with van der Waals surface area (Å²) in [6.07, 6.45) is 1.04. The van der Waals surface area contributed by atoms with Crippen LogP contribution < -0.4 is 10.6 Å². The molecule has 0 aromatic heterocycles. The maximum Gasteiger partial charge on any atom is 0.146 e. The molecule has 1 heterocycles. The fraction of sp³-hybridized carbons (Fsp3) is 0.538. The lowest BCUT2D eigenvalue weighted by Gasteiger charge is -2.16. The summed E-state index contributed by atoms with van der Waals surface area (Å²) in [5.74, 6) is 0.810. The minimum Gasteiger partial charge on any atom is -0.371 e. The number of hydrogen-bond donors (Lipinski definition) is 1. The first kappa shape index (κ1) is 11.4. The maximum absolute atomic E-state index is 13.7. The number of benzene rings is 1. The van der Waals surface area contributed by atoms with E-state index in [-0.39, 0.29) is 5.82 Å². The van der Waals surface area contributed by atoms with Crippen LogP contribution in [0.2, 0.25) is 0 Å². The molecule has 2 unspecified atom stereocenters. The number of hydrogen-bond acceptors (Lipinski definition) is 2. The normalized spacial score (nSPS) is 21.0. The minimum absolute atomic E-state index is 0.108. The van der Waals surface area contributed by atoms with Gasteiger partial charge in [0.25, 0.3) is 0 Å². The van der Waals surface area contributed by atoms with E-state index < -0.39 is 0 Å². The molecule has 2 atom stereocenters. The van der Waals surface area contributed by atoms with Gasteiger partial charge in [-0.15, -0.1) is 0 Å². The van der Waals surface area contributed by atoms with Crippen LogP contribution in [0, 0.1) is 11.7 Å². The highest BCUT2D eigenvalue weighted by Crippen LogP contribution is 2.39. The lowest BCUT2D eigenvalue weighted by molar-refractivity contribution is 0.487. The Morgan fingerprint density at radius 1 is 1.56 bits per heavy atom. The predicted octanol–water partition coefficient (Wildman–Crippen LogP) is 2.34. The van der Waals surface area contributed by atoms with Crippen LogP contribution in [-0.2, 0) is 0 Å². The van der Waals surface area contributed by atoms with Crippen LogP contribution in [0.5, 0.6) is 0 Å². The van der Waals surface area contributed by atoms with E-state index in [1.54, 1.807) is 6.07 Å². The molecule has 1 aromatic carbocycles. The summed E-state index contributed by atoms with van der Waals surface area (Å²) in [6, 6.07) is 5.37. The molecule has 0 aliphatic carbocycles. The second kappa shape index (κ2) is 4.42. The quantitative estimate of drug-likeness (QED) is 0.850. The fourth-order valence-electron chi connectivity index (χ4n) is 2.57. The van der Waals surface area contributed by atoms with E-state index >= 15 is 0 Å². The average molecular weight is 222 g/mol. The minimum atomic E-state index is -0.108. The van der Waals surface area contributed by atoms with Gasteiger partial charge in [0, 0.05) is 19.5 Å². The van der Waals surface area contributed by atoms with E-state index in [2.05, 4.69) is 6.92 Å². The van der Waals surface area contributed by atoms with Gasteiger partial charge in [0.1, 0.15) is 5.82 Å². The largest absolute Gasteiger partial charge is 0.371 e. The van der Waals surface area contributed by atoms with E-state index in [9.17, 15) is 4.39 Å². The highest BCUT2D eigenvalue weighted by Gasteiger charge is 2.29. The van der Waals surface area contributed by atoms with Gasteiger partial charge in [-0.05, 0) is 30.5 Å². The molecule has 0 amide bonds. The molecule has 0 radical (unpaired) electrons. The van der Waals surface area contributed by atoms with Gasteiger partial charge < -0.3 is 10.6 Å². The Labute approximate surface area is 96.2 Å². The highest BCUT2D eigenvalue weighted by molar-refractivity contribution is 5.60. The Bertz CT molecular complexity index is 378. The second-order valence-corrected chi connectivity index (χ2v) is 4.83. The van der Waals surface area contributed by atoms with Gasteiger partial charge in [-0.3, -0.25) is 0 Å². The van der Waals surface area contributed by atoms with Gasteiger partial charge >= 0.3 is 0 Å². The Morgan fingerprint density at radius 3 is 3.00 bits per heavy atom. The van der Waals surface area contributed by atoms with Crippen molar-refractivity contribution in [3.8, 4) is 0 Å². The Balaban J connectivity index is 2.26. The first-order chi connectivity index (χ1) is 7.63. The van der Waals surface area contributed by atoms with E-state index in [4.69, 9.17) is 5.73 Å². The Kier molecular flexibility index (Phi) is 3.15. The molecule has 2 N–H and O–H groups in total. The molecule has 3 heteroatoms. The maximum atomic E-state index is 13.7. The standard InChI is InChI=1S/C13H19FN2/c1-9(7-15)6-10-8-16(2)13-11(10)4-3-5-12(13)14/h3-5,9-10H,6-8,15H2,1-2H3. The molecular weight excluding hydrogens is 203 g/mol. The SMILES string of the molecule is CC(CN)CC1CN(C)c2c(F)cccc21. The fourth-order valence-corrected chi connectivity index (χ4v) is 2.57. The number of nitrogens with two attached hydrogens (primary N) is 1. The van der Waals surface area contributed by atoms with Crippen molar-refractivity contribution in [1.82, 2.24) is 0 Å².